The number of hydrogen-bond acceptors (Lipinski definition) is 8. The highest BCUT2D eigenvalue weighted by Gasteiger charge is 2.14. The Kier molecular flexibility index (Phi) is 19.0. The monoisotopic (exact) mass is 495 g/mol. The number of carbonyl (C=O) groups is 3. The van der Waals surface area contributed by atoms with E-state index in [0.29, 0.717) is 45.7 Å². The van der Waals surface area contributed by atoms with Crippen LogP contribution in [0.3, 0.4) is 0 Å². The molecule has 0 saturated heterocycles. The van der Waals surface area contributed by atoms with E-state index in [4.69, 9.17) is 16.7 Å². The zero-order chi connectivity index (χ0) is 25.1. The van der Waals surface area contributed by atoms with Crippen LogP contribution in [0.4, 0.5) is 0 Å². The minimum atomic E-state index is -0.925. The number of amides is 3. The first-order chi connectivity index (χ1) is 15.7. The van der Waals surface area contributed by atoms with Crippen LogP contribution in [0.1, 0.15) is 33.1 Å². The van der Waals surface area contributed by atoms with Crippen molar-refractivity contribution in [2.75, 3.05) is 71.4 Å². The summed E-state index contributed by atoms with van der Waals surface area (Å²) in [7, 11) is 0. The number of rotatable bonds is 20. The number of aliphatic hydroxyl groups excluding tert-OH is 3. The molecule has 0 radical (unpaired) electrons. The highest BCUT2D eigenvalue weighted by atomic mass is 35.5. The smallest absolute Gasteiger partial charge is 0.229 e. The number of nitrogens with zero attached hydrogens (tertiary/aromatic N) is 2. The van der Waals surface area contributed by atoms with Gasteiger partial charge in [0.1, 0.15) is 6.42 Å². The van der Waals surface area contributed by atoms with Crippen molar-refractivity contribution < 1.29 is 29.7 Å². The SMILES string of the molecule is CCCN(CCNC(=O)CC(=O)NCCN(CCNC(=O)CC)CC(O)CO)CC(O)CCl. The summed E-state index contributed by atoms with van der Waals surface area (Å²) < 4.78 is 0. The molecular formula is C21H42ClN5O6. The molecule has 6 N–H and O–H groups in total. The summed E-state index contributed by atoms with van der Waals surface area (Å²) in [6.07, 6.45) is -0.567. The van der Waals surface area contributed by atoms with E-state index >= 15 is 0 Å². The van der Waals surface area contributed by atoms with E-state index in [-0.39, 0.29) is 37.9 Å². The second-order valence-corrected chi connectivity index (χ2v) is 8.13. The normalized spacial score (nSPS) is 13.1. The zero-order valence-electron chi connectivity index (χ0n) is 19.9. The molecule has 0 aromatic rings. The Morgan fingerprint density at radius 1 is 0.788 bits per heavy atom. The minimum absolute atomic E-state index is 0.0787. The van der Waals surface area contributed by atoms with Crippen molar-refractivity contribution in [3.63, 3.8) is 0 Å². The largest absolute Gasteiger partial charge is 0.394 e. The maximum atomic E-state index is 12.0. The molecular weight excluding hydrogens is 454 g/mol. The Balaban J connectivity index is 4.26. The van der Waals surface area contributed by atoms with Crippen molar-refractivity contribution in [2.24, 2.45) is 0 Å². The topological polar surface area (TPSA) is 154 Å². The van der Waals surface area contributed by atoms with Gasteiger partial charge in [-0.1, -0.05) is 13.8 Å². The van der Waals surface area contributed by atoms with Crippen LogP contribution in [0.5, 0.6) is 0 Å². The molecule has 0 bridgehead atoms. The van der Waals surface area contributed by atoms with Crippen LogP contribution in [-0.4, -0.2) is 126 Å². The summed E-state index contributed by atoms with van der Waals surface area (Å²) >= 11 is 5.64. The molecule has 12 heteroatoms. The fraction of sp³-hybridized carbons (Fsp3) is 0.857. The van der Waals surface area contributed by atoms with Crippen LogP contribution in [0.2, 0.25) is 0 Å². The molecule has 0 aromatic heterocycles. The molecule has 2 unspecified atom stereocenters. The Bertz CT molecular complexity index is 557. The average Bonchev–Trinajstić information content (AvgIpc) is 2.78. The highest BCUT2D eigenvalue weighted by Crippen LogP contribution is 1.97. The van der Waals surface area contributed by atoms with Gasteiger partial charge >= 0.3 is 0 Å². The molecule has 0 aliphatic heterocycles. The first kappa shape index (κ1) is 31.5. The standard InChI is InChI=1S/C21H42ClN5O6/c1-3-8-26(14-17(29)13-22)9-6-24-20(32)12-21(33)25-7-11-27(15-18(30)16-28)10-5-23-19(31)4-2/h17-18,28-30H,3-16H2,1-2H3,(H,23,31)(H,24,32)(H,25,33). The van der Waals surface area contributed by atoms with Crippen LogP contribution < -0.4 is 16.0 Å². The van der Waals surface area contributed by atoms with Crippen LogP contribution in [-0.2, 0) is 14.4 Å². The van der Waals surface area contributed by atoms with Gasteiger partial charge in [-0.25, -0.2) is 0 Å². The minimum Gasteiger partial charge on any atom is -0.394 e. The number of halogens is 1. The molecule has 0 aliphatic rings. The number of nitrogens with one attached hydrogen (secondary N) is 3. The van der Waals surface area contributed by atoms with Crippen molar-refractivity contribution in [1.29, 1.82) is 0 Å². The molecule has 0 spiro atoms. The van der Waals surface area contributed by atoms with Crippen molar-refractivity contribution in [1.82, 2.24) is 25.8 Å². The Morgan fingerprint density at radius 3 is 1.67 bits per heavy atom. The number of carbonyl (C=O) groups excluding carboxylic acids is 3. The quantitative estimate of drug-likeness (QED) is 0.0845. The third kappa shape index (κ3) is 17.6. The maximum Gasteiger partial charge on any atom is 0.229 e. The molecule has 0 rings (SSSR count). The van der Waals surface area contributed by atoms with Gasteiger partial charge in [0, 0.05) is 64.7 Å². The second kappa shape index (κ2) is 19.9. The van der Waals surface area contributed by atoms with Gasteiger partial charge in [-0.3, -0.25) is 24.2 Å². The fourth-order valence-electron chi connectivity index (χ4n) is 3.06. The Morgan fingerprint density at radius 2 is 1.24 bits per heavy atom. The van der Waals surface area contributed by atoms with Crippen LogP contribution in [0.15, 0.2) is 0 Å². The highest BCUT2D eigenvalue weighted by molar-refractivity contribution is 6.18. The lowest BCUT2D eigenvalue weighted by molar-refractivity contribution is -0.129. The Labute approximate surface area is 201 Å². The van der Waals surface area contributed by atoms with E-state index in [9.17, 15) is 24.6 Å². The molecule has 11 nitrogen and oxygen atoms in total. The second-order valence-electron chi connectivity index (χ2n) is 7.83. The molecule has 3 amide bonds. The third-order valence-corrected chi connectivity index (χ3v) is 5.12. The lowest BCUT2D eigenvalue weighted by Gasteiger charge is -2.24. The lowest BCUT2D eigenvalue weighted by atomic mass is 10.3. The van der Waals surface area contributed by atoms with Gasteiger partial charge in [0.25, 0.3) is 0 Å². The van der Waals surface area contributed by atoms with Gasteiger partial charge in [-0.15, -0.1) is 11.6 Å². The predicted octanol–water partition coefficient (Wildman–Crippen LogP) is -1.90. The van der Waals surface area contributed by atoms with Gasteiger partial charge in [0.05, 0.1) is 18.8 Å². The summed E-state index contributed by atoms with van der Waals surface area (Å²) in [5.74, 6) is -0.740. The molecule has 0 aliphatic carbocycles. The predicted molar refractivity (Wildman–Crippen MR) is 127 cm³/mol. The van der Waals surface area contributed by atoms with Crippen LogP contribution >= 0.6 is 11.6 Å². The third-order valence-electron chi connectivity index (χ3n) is 4.76. The molecule has 2 atom stereocenters. The number of alkyl halides is 1. The molecule has 0 aromatic carbocycles. The summed E-state index contributed by atoms with van der Waals surface area (Å²) in [4.78, 5) is 39.2. The molecule has 194 valence electrons. The van der Waals surface area contributed by atoms with Gasteiger partial charge in [0.15, 0.2) is 0 Å². The average molecular weight is 496 g/mol. The van der Waals surface area contributed by atoms with Crippen molar-refractivity contribution in [3.05, 3.63) is 0 Å². The summed E-state index contributed by atoms with van der Waals surface area (Å²) in [5, 5.41) is 36.5. The van der Waals surface area contributed by atoms with Crippen LogP contribution in [0, 0.1) is 0 Å². The summed E-state index contributed by atoms with van der Waals surface area (Å²) in [6, 6.07) is 0. The summed E-state index contributed by atoms with van der Waals surface area (Å²) in [5.41, 5.74) is 0. The molecule has 33 heavy (non-hydrogen) atoms. The fourth-order valence-corrected chi connectivity index (χ4v) is 3.16. The van der Waals surface area contributed by atoms with Crippen molar-refractivity contribution in [3.8, 4) is 0 Å². The first-order valence-electron chi connectivity index (χ1n) is 11.5. The van der Waals surface area contributed by atoms with Gasteiger partial charge in [-0.2, -0.15) is 0 Å². The molecule has 0 saturated carbocycles. The van der Waals surface area contributed by atoms with E-state index in [1.165, 1.54) is 0 Å². The van der Waals surface area contributed by atoms with Crippen LogP contribution in [0.25, 0.3) is 0 Å². The van der Waals surface area contributed by atoms with Gasteiger partial charge in [0.2, 0.25) is 17.7 Å². The van der Waals surface area contributed by atoms with E-state index in [0.717, 1.165) is 13.0 Å². The van der Waals surface area contributed by atoms with Crippen molar-refractivity contribution >= 4 is 29.3 Å². The van der Waals surface area contributed by atoms with Crippen molar-refractivity contribution in [2.45, 2.75) is 45.3 Å². The lowest BCUT2D eigenvalue weighted by Crippen LogP contribution is -2.44. The van der Waals surface area contributed by atoms with E-state index in [1.807, 2.05) is 16.7 Å². The van der Waals surface area contributed by atoms with E-state index < -0.39 is 24.0 Å². The first-order valence-corrected chi connectivity index (χ1v) is 12.1. The van der Waals surface area contributed by atoms with Gasteiger partial charge in [-0.05, 0) is 13.0 Å². The Hall–Kier alpha value is -1.50. The molecule has 0 fully saturated rings. The van der Waals surface area contributed by atoms with E-state index in [2.05, 4.69) is 16.0 Å². The summed E-state index contributed by atoms with van der Waals surface area (Å²) in [6.45, 7) is 7.18. The number of aliphatic hydroxyl groups is 3. The number of hydrogen-bond donors (Lipinski definition) is 6. The van der Waals surface area contributed by atoms with E-state index in [1.54, 1.807) is 6.92 Å². The van der Waals surface area contributed by atoms with Gasteiger partial charge < -0.3 is 31.3 Å². The maximum absolute atomic E-state index is 12.0. The molecule has 0 heterocycles. The zero-order valence-corrected chi connectivity index (χ0v) is 20.6.